The third-order valence-corrected chi connectivity index (χ3v) is 18.6. The van der Waals surface area contributed by atoms with Crippen molar-refractivity contribution in [3.05, 3.63) is 11.6 Å². The highest BCUT2D eigenvalue weighted by Gasteiger charge is 2.47. The first-order valence-electron chi connectivity index (χ1n) is 13.6. The minimum Gasteiger partial charge on any atom is -0.410 e. The fourth-order valence-corrected chi connectivity index (χ4v) is 12.1. The average Bonchev–Trinajstić information content (AvgIpc) is 2.63. The first-order chi connectivity index (χ1) is 14.6. The summed E-state index contributed by atoms with van der Waals surface area (Å²) < 4.78 is 14.4. The molecule has 0 radical (unpaired) electrons. The van der Waals surface area contributed by atoms with Crippen molar-refractivity contribution in [1.29, 1.82) is 0 Å². The van der Waals surface area contributed by atoms with E-state index in [0.29, 0.717) is 16.6 Å². The molecule has 32 heavy (non-hydrogen) atoms. The standard InChI is InChI=1S/C28H60O2Si2/c1-15-17-18-19-21-27(30-32(22(3)4,23(5)6)24(7)8)26(20-16-2)25(9)29-31(13,14)28(10,11)12/h20,22-25,27H,15-19,21H2,1-14H3/b26-20+. The lowest BCUT2D eigenvalue weighted by molar-refractivity contribution is 0.147. The zero-order valence-electron chi connectivity index (χ0n) is 24.5. The Morgan fingerprint density at radius 1 is 0.781 bits per heavy atom. The van der Waals surface area contributed by atoms with Crippen LogP contribution in [0.5, 0.6) is 0 Å². The summed E-state index contributed by atoms with van der Waals surface area (Å²) in [5.41, 5.74) is 3.20. The molecule has 0 rings (SSSR count). The summed E-state index contributed by atoms with van der Waals surface area (Å²) in [7, 11) is -3.84. The highest BCUT2D eigenvalue weighted by molar-refractivity contribution is 6.77. The van der Waals surface area contributed by atoms with Gasteiger partial charge in [0, 0.05) is 0 Å². The van der Waals surface area contributed by atoms with Gasteiger partial charge < -0.3 is 8.85 Å². The average molecular weight is 485 g/mol. The monoisotopic (exact) mass is 484 g/mol. The van der Waals surface area contributed by atoms with Crippen molar-refractivity contribution in [2.24, 2.45) is 0 Å². The molecule has 0 aromatic rings. The van der Waals surface area contributed by atoms with Crippen LogP contribution >= 0.6 is 0 Å². The number of rotatable bonds is 15. The Labute approximate surface area is 205 Å². The van der Waals surface area contributed by atoms with Crippen molar-refractivity contribution in [2.75, 3.05) is 0 Å². The minimum absolute atomic E-state index is 0.116. The van der Waals surface area contributed by atoms with Gasteiger partial charge in [0.15, 0.2) is 8.32 Å². The van der Waals surface area contributed by atoms with E-state index in [2.05, 4.69) is 102 Å². The summed E-state index contributed by atoms with van der Waals surface area (Å²) in [6, 6.07) is 0. The van der Waals surface area contributed by atoms with Crippen LogP contribution in [0.15, 0.2) is 11.6 Å². The Morgan fingerprint density at radius 2 is 1.28 bits per heavy atom. The first-order valence-corrected chi connectivity index (χ1v) is 18.7. The summed E-state index contributed by atoms with van der Waals surface area (Å²) in [5.74, 6) is 0. The quantitative estimate of drug-likeness (QED) is 0.131. The Hall–Kier alpha value is 0.0938. The highest BCUT2D eigenvalue weighted by Crippen LogP contribution is 2.45. The number of hydrogen-bond acceptors (Lipinski definition) is 2. The third-order valence-electron chi connectivity index (χ3n) is 7.93. The Bertz CT molecular complexity index is 522. The minimum atomic E-state index is -1.98. The first kappa shape index (κ1) is 32.1. The topological polar surface area (TPSA) is 18.5 Å². The molecular weight excluding hydrogens is 424 g/mol. The molecule has 0 aliphatic heterocycles. The second-order valence-electron chi connectivity index (χ2n) is 12.4. The van der Waals surface area contributed by atoms with E-state index >= 15 is 0 Å². The van der Waals surface area contributed by atoms with Crippen molar-refractivity contribution in [3.63, 3.8) is 0 Å². The summed E-state index contributed by atoms with van der Waals surface area (Å²) in [6.45, 7) is 33.0. The second-order valence-corrected chi connectivity index (χ2v) is 22.6. The fourth-order valence-electron chi connectivity index (χ4n) is 5.19. The maximum atomic E-state index is 7.44. The van der Waals surface area contributed by atoms with Crippen molar-refractivity contribution in [2.45, 2.75) is 169 Å². The summed E-state index contributed by atoms with van der Waals surface area (Å²) in [5, 5.41) is 0.211. The Morgan fingerprint density at radius 3 is 1.66 bits per heavy atom. The molecule has 2 unspecified atom stereocenters. The van der Waals surface area contributed by atoms with Crippen molar-refractivity contribution in [3.8, 4) is 0 Å². The normalized spacial score (nSPS) is 16.3. The molecular formula is C28H60O2Si2. The van der Waals surface area contributed by atoms with E-state index in [1.54, 1.807) is 0 Å². The molecule has 0 aromatic heterocycles. The Kier molecular flexibility index (Phi) is 13.9. The molecule has 2 nitrogen and oxygen atoms in total. The van der Waals surface area contributed by atoms with Crippen molar-refractivity contribution >= 4 is 16.6 Å². The van der Waals surface area contributed by atoms with E-state index in [4.69, 9.17) is 8.85 Å². The van der Waals surface area contributed by atoms with Gasteiger partial charge in [-0.25, -0.2) is 0 Å². The van der Waals surface area contributed by atoms with Gasteiger partial charge in [0.25, 0.3) is 0 Å². The van der Waals surface area contributed by atoms with E-state index in [9.17, 15) is 0 Å². The van der Waals surface area contributed by atoms with Gasteiger partial charge in [-0.1, -0.05) is 108 Å². The molecule has 0 spiro atoms. The molecule has 0 aliphatic rings. The smallest absolute Gasteiger partial charge is 0.201 e. The van der Waals surface area contributed by atoms with Crippen LogP contribution in [0.1, 0.15) is 122 Å². The fraction of sp³-hybridized carbons (Fsp3) is 0.929. The van der Waals surface area contributed by atoms with Gasteiger partial charge >= 0.3 is 0 Å². The molecule has 0 fully saturated rings. The van der Waals surface area contributed by atoms with E-state index in [-0.39, 0.29) is 17.2 Å². The molecule has 0 aromatic carbocycles. The van der Waals surface area contributed by atoms with Crippen LogP contribution in [0.3, 0.4) is 0 Å². The lowest BCUT2D eigenvalue weighted by atomic mass is 9.98. The van der Waals surface area contributed by atoms with E-state index in [1.807, 2.05) is 0 Å². The largest absolute Gasteiger partial charge is 0.410 e. The predicted molar refractivity (Wildman–Crippen MR) is 151 cm³/mol. The van der Waals surface area contributed by atoms with Crippen LogP contribution < -0.4 is 0 Å². The molecule has 2 atom stereocenters. The molecule has 0 saturated carbocycles. The maximum Gasteiger partial charge on any atom is 0.201 e. The van der Waals surface area contributed by atoms with E-state index in [0.717, 1.165) is 12.8 Å². The zero-order chi connectivity index (χ0) is 25.3. The third kappa shape index (κ3) is 8.71. The molecule has 0 amide bonds. The van der Waals surface area contributed by atoms with Gasteiger partial charge in [0.05, 0.1) is 12.2 Å². The van der Waals surface area contributed by atoms with E-state index < -0.39 is 16.6 Å². The van der Waals surface area contributed by atoms with Gasteiger partial charge in [-0.05, 0) is 60.1 Å². The van der Waals surface area contributed by atoms with Crippen molar-refractivity contribution < 1.29 is 8.85 Å². The van der Waals surface area contributed by atoms with Crippen molar-refractivity contribution in [1.82, 2.24) is 0 Å². The van der Waals surface area contributed by atoms with Gasteiger partial charge in [0.2, 0.25) is 8.32 Å². The molecule has 4 heteroatoms. The van der Waals surface area contributed by atoms with Gasteiger partial charge in [-0.2, -0.15) is 0 Å². The molecule has 0 N–H and O–H groups in total. The molecule has 192 valence electrons. The second kappa shape index (κ2) is 13.8. The summed E-state index contributed by atoms with van der Waals surface area (Å²) >= 11 is 0. The van der Waals surface area contributed by atoms with Crippen LogP contribution in [0.25, 0.3) is 0 Å². The van der Waals surface area contributed by atoms with Gasteiger partial charge in [-0.15, -0.1) is 0 Å². The molecule has 0 saturated heterocycles. The van der Waals surface area contributed by atoms with Crippen LogP contribution in [0.2, 0.25) is 34.8 Å². The van der Waals surface area contributed by atoms with Gasteiger partial charge in [0.1, 0.15) is 0 Å². The number of hydrogen-bond donors (Lipinski definition) is 0. The van der Waals surface area contributed by atoms with Crippen LogP contribution in [0, 0.1) is 0 Å². The Balaban J connectivity index is 6.18. The molecule has 0 bridgehead atoms. The van der Waals surface area contributed by atoms with Crippen LogP contribution in [0.4, 0.5) is 0 Å². The predicted octanol–water partition coefficient (Wildman–Crippen LogP) is 10.3. The number of allylic oxidation sites excluding steroid dienone is 1. The maximum absolute atomic E-state index is 7.44. The highest BCUT2D eigenvalue weighted by atomic mass is 28.4. The number of unbranched alkanes of at least 4 members (excludes halogenated alkanes) is 3. The van der Waals surface area contributed by atoms with Crippen LogP contribution in [-0.4, -0.2) is 28.8 Å². The SMILES string of the molecule is CC/C=C(\C(C)O[Si](C)(C)C(C)(C)C)C(CCCCCC)O[Si](C(C)C)(C(C)C)C(C)C. The molecule has 0 heterocycles. The molecule has 0 aliphatic carbocycles. The van der Waals surface area contributed by atoms with Gasteiger partial charge in [-0.3, -0.25) is 0 Å². The lowest BCUT2D eigenvalue weighted by Gasteiger charge is -2.46. The zero-order valence-corrected chi connectivity index (χ0v) is 26.5. The lowest BCUT2D eigenvalue weighted by Crippen LogP contribution is -2.51. The summed E-state index contributed by atoms with van der Waals surface area (Å²) in [6.07, 6.45) is 10.0. The van der Waals surface area contributed by atoms with Crippen LogP contribution in [-0.2, 0) is 8.85 Å². The summed E-state index contributed by atoms with van der Waals surface area (Å²) in [4.78, 5) is 0. The van der Waals surface area contributed by atoms with E-state index in [1.165, 1.54) is 31.3 Å².